The first-order valence-corrected chi connectivity index (χ1v) is 7.47. The average Bonchev–Trinajstić information content (AvgIpc) is 2.49. The molecule has 2 N–H and O–H groups in total. The van der Waals surface area contributed by atoms with E-state index < -0.39 is 5.91 Å². The number of rotatable bonds is 6. The summed E-state index contributed by atoms with van der Waals surface area (Å²) in [5.41, 5.74) is 1.46. The first kappa shape index (κ1) is 17.0. The number of carbonyl (C=O) groups is 2. The van der Waals surface area contributed by atoms with E-state index in [-0.39, 0.29) is 18.1 Å². The standard InChI is InChI=1S/C17H16ClFN2O2/c18-13-2-1-3-15(10-13)21-17(23)11-16(22)20-9-8-12-4-6-14(19)7-5-12/h1-7,10H,8-9,11H2,(H,20,22)(H,21,23). The highest BCUT2D eigenvalue weighted by Crippen LogP contribution is 2.14. The molecule has 0 aliphatic carbocycles. The molecule has 2 aromatic carbocycles. The predicted octanol–water partition coefficient (Wildman–Crippen LogP) is 3.17. The van der Waals surface area contributed by atoms with Gasteiger partial charge in [0.2, 0.25) is 11.8 Å². The number of amides is 2. The van der Waals surface area contributed by atoms with Gasteiger partial charge in [0.1, 0.15) is 12.2 Å². The Labute approximate surface area is 138 Å². The lowest BCUT2D eigenvalue weighted by molar-refractivity contribution is -0.126. The van der Waals surface area contributed by atoms with Crippen LogP contribution in [0, 0.1) is 5.82 Å². The van der Waals surface area contributed by atoms with Crippen molar-refractivity contribution in [3.05, 3.63) is 64.9 Å². The Bertz CT molecular complexity index is 689. The van der Waals surface area contributed by atoms with Crippen LogP contribution in [0.5, 0.6) is 0 Å². The van der Waals surface area contributed by atoms with Crippen molar-refractivity contribution in [1.82, 2.24) is 5.32 Å². The Balaban J connectivity index is 1.71. The molecule has 0 aliphatic heterocycles. The number of benzene rings is 2. The van der Waals surface area contributed by atoms with E-state index in [0.29, 0.717) is 23.7 Å². The van der Waals surface area contributed by atoms with E-state index in [1.807, 2.05) is 0 Å². The van der Waals surface area contributed by atoms with Gasteiger partial charge in [0, 0.05) is 17.3 Å². The summed E-state index contributed by atoms with van der Waals surface area (Å²) in [5.74, 6) is -1.08. The van der Waals surface area contributed by atoms with Crippen molar-refractivity contribution in [3.8, 4) is 0 Å². The monoisotopic (exact) mass is 334 g/mol. The second-order valence-corrected chi connectivity index (χ2v) is 5.40. The van der Waals surface area contributed by atoms with Crippen molar-refractivity contribution >= 4 is 29.1 Å². The number of carbonyl (C=O) groups excluding carboxylic acids is 2. The van der Waals surface area contributed by atoms with Crippen LogP contribution in [0.25, 0.3) is 0 Å². The van der Waals surface area contributed by atoms with Gasteiger partial charge in [0.25, 0.3) is 0 Å². The van der Waals surface area contributed by atoms with Crippen molar-refractivity contribution in [2.75, 3.05) is 11.9 Å². The maximum atomic E-state index is 12.8. The zero-order chi connectivity index (χ0) is 16.7. The van der Waals surface area contributed by atoms with Crippen LogP contribution in [0.3, 0.4) is 0 Å². The Morgan fingerprint density at radius 2 is 1.78 bits per heavy atom. The van der Waals surface area contributed by atoms with Crippen molar-refractivity contribution in [3.63, 3.8) is 0 Å². The molecule has 0 radical (unpaired) electrons. The lowest BCUT2D eigenvalue weighted by Gasteiger charge is -2.07. The summed E-state index contributed by atoms with van der Waals surface area (Å²) >= 11 is 5.82. The van der Waals surface area contributed by atoms with Crippen LogP contribution in [-0.4, -0.2) is 18.4 Å². The molecule has 0 heterocycles. The molecule has 0 spiro atoms. The molecule has 2 amide bonds. The molecule has 2 rings (SSSR count). The molecule has 0 bridgehead atoms. The van der Waals surface area contributed by atoms with E-state index in [2.05, 4.69) is 10.6 Å². The van der Waals surface area contributed by atoms with Crippen LogP contribution in [0.15, 0.2) is 48.5 Å². The van der Waals surface area contributed by atoms with E-state index in [4.69, 9.17) is 11.6 Å². The van der Waals surface area contributed by atoms with Crippen LogP contribution in [0.1, 0.15) is 12.0 Å². The Morgan fingerprint density at radius 1 is 1.04 bits per heavy atom. The fraction of sp³-hybridized carbons (Fsp3) is 0.176. The number of anilines is 1. The Kier molecular flexibility index (Phi) is 6.11. The zero-order valence-corrected chi connectivity index (χ0v) is 13.1. The van der Waals surface area contributed by atoms with Gasteiger partial charge in [-0.05, 0) is 42.3 Å². The molecular formula is C17H16ClFN2O2. The second-order valence-electron chi connectivity index (χ2n) is 4.96. The molecule has 0 saturated heterocycles. The van der Waals surface area contributed by atoms with E-state index in [1.165, 1.54) is 12.1 Å². The molecule has 0 saturated carbocycles. The van der Waals surface area contributed by atoms with E-state index in [9.17, 15) is 14.0 Å². The number of hydrogen-bond donors (Lipinski definition) is 2. The van der Waals surface area contributed by atoms with Gasteiger partial charge in [-0.1, -0.05) is 29.8 Å². The molecular weight excluding hydrogens is 319 g/mol. The summed E-state index contributed by atoms with van der Waals surface area (Å²) in [5, 5.41) is 5.76. The first-order chi connectivity index (χ1) is 11.0. The van der Waals surface area contributed by atoms with Crippen LogP contribution >= 0.6 is 11.6 Å². The third-order valence-electron chi connectivity index (χ3n) is 3.08. The quantitative estimate of drug-likeness (QED) is 0.797. The maximum Gasteiger partial charge on any atom is 0.233 e. The van der Waals surface area contributed by atoms with E-state index >= 15 is 0 Å². The van der Waals surface area contributed by atoms with Gasteiger partial charge in [-0.2, -0.15) is 0 Å². The fourth-order valence-corrected chi connectivity index (χ4v) is 2.17. The average molecular weight is 335 g/mol. The molecule has 0 aromatic heterocycles. The highest BCUT2D eigenvalue weighted by atomic mass is 35.5. The minimum atomic E-state index is -0.411. The lowest BCUT2D eigenvalue weighted by atomic mass is 10.1. The maximum absolute atomic E-state index is 12.8. The van der Waals surface area contributed by atoms with Crippen molar-refractivity contribution < 1.29 is 14.0 Å². The SMILES string of the molecule is O=C(CC(=O)Nc1cccc(Cl)c1)NCCc1ccc(F)cc1. The number of nitrogens with one attached hydrogen (secondary N) is 2. The summed E-state index contributed by atoms with van der Waals surface area (Å²) in [6, 6.07) is 12.8. The molecule has 0 fully saturated rings. The first-order valence-electron chi connectivity index (χ1n) is 7.09. The van der Waals surface area contributed by atoms with E-state index in [1.54, 1.807) is 36.4 Å². The smallest absolute Gasteiger partial charge is 0.233 e. The second kappa shape index (κ2) is 8.29. The molecule has 4 nitrogen and oxygen atoms in total. The predicted molar refractivity (Wildman–Crippen MR) is 87.8 cm³/mol. The lowest BCUT2D eigenvalue weighted by Crippen LogP contribution is -2.29. The Morgan fingerprint density at radius 3 is 2.48 bits per heavy atom. The molecule has 0 atom stereocenters. The van der Waals surface area contributed by atoms with Crippen LogP contribution in [0.4, 0.5) is 10.1 Å². The number of halogens is 2. The molecule has 120 valence electrons. The molecule has 23 heavy (non-hydrogen) atoms. The molecule has 2 aromatic rings. The Hall–Kier alpha value is -2.40. The third-order valence-corrected chi connectivity index (χ3v) is 3.31. The minimum Gasteiger partial charge on any atom is -0.355 e. The molecule has 6 heteroatoms. The largest absolute Gasteiger partial charge is 0.355 e. The zero-order valence-electron chi connectivity index (χ0n) is 12.3. The summed E-state index contributed by atoms with van der Waals surface area (Å²) in [6.07, 6.45) is 0.303. The highest BCUT2D eigenvalue weighted by molar-refractivity contribution is 6.30. The van der Waals surface area contributed by atoms with Gasteiger partial charge in [-0.15, -0.1) is 0 Å². The van der Waals surface area contributed by atoms with E-state index in [0.717, 1.165) is 5.56 Å². The van der Waals surface area contributed by atoms with Crippen LogP contribution in [0.2, 0.25) is 5.02 Å². The van der Waals surface area contributed by atoms with Crippen molar-refractivity contribution in [1.29, 1.82) is 0 Å². The summed E-state index contributed by atoms with van der Waals surface area (Å²) in [7, 11) is 0. The minimum absolute atomic E-state index is 0.268. The summed E-state index contributed by atoms with van der Waals surface area (Å²) < 4.78 is 12.8. The van der Waals surface area contributed by atoms with Gasteiger partial charge in [-0.3, -0.25) is 9.59 Å². The topological polar surface area (TPSA) is 58.2 Å². The van der Waals surface area contributed by atoms with Gasteiger partial charge < -0.3 is 10.6 Å². The summed E-state index contributed by atoms with van der Waals surface area (Å²) in [6.45, 7) is 0.384. The summed E-state index contributed by atoms with van der Waals surface area (Å²) in [4.78, 5) is 23.4. The molecule has 0 aliphatic rings. The van der Waals surface area contributed by atoms with Gasteiger partial charge in [0.05, 0.1) is 0 Å². The van der Waals surface area contributed by atoms with Gasteiger partial charge >= 0.3 is 0 Å². The fourth-order valence-electron chi connectivity index (χ4n) is 1.98. The van der Waals surface area contributed by atoms with Gasteiger partial charge in [0.15, 0.2) is 0 Å². The third kappa shape index (κ3) is 6.08. The molecule has 0 unspecified atom stereocenters. The highest BCUT2D eigenvalue weighted by Gasteiger charge is 2.09. The van der Waals surface area contributed by atoms with Crippen LogP contribution < -0.4 is 10.6 Å². The van der Waals surface area contributed by atoms with Crippen molar-refractivity contribution in [2.24, 2.45) is 0 Å². The van der Waals surface area contributed by atoms with Crippen LogP contribution in [-0.2, 0) is 16.0 Å². The normalized spacial score (nSPS) is 10.2. The van der Waals surface area contributed by atoms with Crippen molar-refractivity contribution in [2.45, 2.75) is 12.8 Å². The van der Waals surface area contributed by atoms with Gasteiger partial charge in [-0.25, -0.2) is 4.39 Å². The number of hydrogen-bond acceptors (Lipinski definition) is 2.